The summed E-state index contributed by atoms with van der Waals surface area (Å²) in [6, 6.07) is 17.1. The van der Waals surface area contributed by atoms with Crippen LogP contribution in [-0.2, 0) is 21.4 Å². The van der Waals surface area contributed by atoms with Gasteiger partial charge in [-0.1, -0.05) is 18.2 Å². The number of ether oxygens (including phenoxy) is 1. The van der Waals surface area contributed by atoms with Gasteiger partial charge in [-0.3, -0.25) is 9.10 Å². The Balaban J connectivity index is 1.73. The van der Waals surface area contributed by atoms with E-state index < -0.39 is 10.0 Å². The zero-order valence-electron chi connectivity index (χ0n) is 15.5. The third kappa shape index (κ3) is 4.41. The van der Waals surface area contributed by atoms with E-state index in [9.17, 15) is 13.2 Å². The quantitative estimate of drug-likeness (QED) is 0.632. The normalized spacial score (nSPS) is 11.2. The molecule has 0 unspecified atom stereocenters. The Hall–Kier alpha value is -2.68. The van der Waals surface area contributed by atoms with E-state index >= 15 is 0 Å². The first-order valence-electron chi connectivity index (χ1n) is 8.43. The zero-order valence-corrected chi connectivity index (χ0v) is 17.1. The van der Waals surface area contributed by atoms with Crippen LogP contribution in [0.5, 0.6) is 0 Å². The average Bonchev–Trinajstić information content (AvgIpc) is 3.24. The van der Waals surface area contributed by atoms with Crippen molar-refractivity contribution >= 4 is 38.6 Å². The molecular weight excluding hydrogens is 396 g/mol. The van der Waals surface area contributed by atoms with Crippen LogP contribution in [0.1, 0.15) is 15.9 Å². The fraction of sp³-hybridized carbons (Fsp3) is 0.150. The lowest BCUT2D eigenvalue weighted by molar-refractivity contribution is 0.102. The molecule has 8 heteroatoms. The molecule has 28 heavy (non-hydrogen) atoms. The summed E-state index contributed by atoms with van der Waals surface area (Å²) in [5.41, 5.74) is 2.53. The summed E-state index contributed by atoms with van der Waals surface area (Å²) in [5.74, 6) is -0.273. The predicted octanol–water partition coefficient (Wildman–Crippen LogP) is 3.97. The first-order valence-corrected chi connectivity index (χ1v) is 10.8. The van der Waals surface area contributed by atoms with E-state index in [2.05, 4.69) is 5.32 Å². The lowest BCUT2D eigenvalue weighted by Crippen LogP contribution is -2.25. The molecule has 1 N–H and O–H groups in total. The molecule has 0 radical (unpaired) electrons. The summed E-state index contributed by atoms with van der Waals surface area (Å²) >= 11 is 1.16. The monoisotopic (exact) mass is 416 g/mol. The SMILES string of the molecule is COCc1cccc(NC(=O)c2ccc(N(C)S(=O)(=O)c3cccs3)cc2)c1. The highest BCUT2D eigenvalue weighted by Gasteiger charge is 2.22. The number of rotatable bonds is 7. The van der Waals surface area contributed by atoms with Crippen LogP contribution in [0.2, 0.25) is 0 Å². The van der Waals surface area contributed by atoms with Crippen LogP contribution < -0.4 is 9.62 Å². The molecule has 3 aromatic rings. The molecule has 0 bridgehead atoms. The molecule has 0 aliphatic heterocycles. The maximum atomic E-state index is 12.6. The van der Waals surface area contributed by atoms with Crippen LogP contribution in [0.4, 0.5) is 11.4 Å². The first-order chi connectivity index (χ1) is 13.4. The van der Waals surface area contributed by atoms with E-state index in [1.807, 2.05) is 18.2 Å². The van der Waals surface area contributed by atoms with Gasteiger partial charge in [0.2, 0.25) is 0 Å². The zero-order chi connectivity index (χ0) is 20.1. The first kappa shape index (κ1) is 20.1. The number of methoxy groups -OCH3 is 1. The van der Waals surface area contributed by atoms with E-state index in [0.29, 0.717) is 23.5 Å². The van der Waals surface area contributed by atoms with Gasteiger partial charge < -0.3 is 10.1 Å². The number of sulfonamides is 1. The van der Waals surface area contributed by atoms with E-state index in [1.165, 1.54) is 11.4 Å². The van der Waals surface area contributed by atoms with Crippen LogP contribution in [0.3, 0.4) is 0 Å². The van der Waals surface area contributed by atoms with Gasteiger partial charge in [0.05, 0.1) is 12.3 Å². The second-order valence-electron chi connectivity index (χ2n) is 6.04. The molecule has 146 valence electrons. The van der Waals surface area contributed by atoms with Crippen LogP contribution >= 0.6 is 11.3 Å². The third-order valence-electron chi connectivity index (χ3n) is 4.10. The summed E-state index contributed by atoms with van der Waals surface area (Å²) < 4.78 is 31.7. The Morgan fingerprint density at radius 3 is 2.50 bits per heavy atom. The Kier molecular flexibility index (Phi) is 6.13. The van der Waals surface area contributed by atoms with Crippen molar-refractivity contribution < 1.29 is 17.9 Å². The molecule has 0 aliphatic rings. The highest BCUT2D eigenvalue weighted by molar-refractivity contribution is 7.94. The summed E-state index contributed by atoms with van der Waals surface area (Å²) in [7, 11) is -0.496. The van der Waals surface area contributed by atoms with Gasteiger partial charge in [-0.05, 0) is 53.4 Å². The standard InChI is InChI=1S/C20H20N2O4S2/c1-22(28(24,25)19-7-4-12-27-19)18-10-8-16(9-11-18)20(23)21-17-6-3-5-15(13-17)14-26-2/h3-13H,14H2,1-2H3,(H,21,23). The van der Waals surface area contributed by atoms with Crippen LogP contribution in [0.15, 0.2) is 70.3 Å². The van der Waals surface area contributed by atoms with Crippen LogP contribution in [-0.4, -0.2) is 28.5 Å². The summed E-state index contributed by atoms with van der Waals surface area (Å²) in [4.78, 5) is 12.5. The Bertz CT molecular complexity index is 1050. The fourth-order valence-corrected chi connectivity index (χ4v) is 4.97. The van der Waals surface area contributed by atoms with E-state index in [0.717, 1.165) is 16.9 Å². The highest BCUT2D eigenvalue weighted by Crippen LogP contribution is 2.25. The number of carbonyl (C=O) groups excluding carboxylic acids is 1. The second-order valence-corrected chi connectivity index (χ2v) is 9.18. The van der Waals surface area contributed by atoms with Crippen molar-refractivity contribution in [2.75, 3.05) is 23.8 Å². The number of anilines is 2. The molecule has 3 rings (SSSR count). The Morgan fingerprint density at radius 1 is 1.11 bits per heavy atom. The Morgan fingerprint density at radius 2 is 1.86 bits per heavy atom. The minimum absolute atomic E-state index is 0.271. The molecule has 0 fully saturated rings. The van der Waals surface area contributed by atoms with Crippen molar-refractivity contribution in [1.82, 2.24) is 0 Å². The van der Waals surface area contributed by atoms with Crippen LogP contribution in [0.25, 0.3) is 0 Å². The minimum atomic E-state index is -3.60. The van der Waals surface area contributed by atoms with Crippen molar-refractivity contribution in [2.24, 2.45) is 0 Å². The van der Waals surface area contributed by atoms with Crippen molar-refractivity contribution in [3.63, 3.8) is 0 Å². The van der Waals surface area contributed by atoms with Crippen molar-refractivity contribution in [3.05, 3.63) is 77.2 Å². The Labute approximate surface area is 168 Å². The number of hydrogen-bond donors (Lipinski definition) is 1. The van der Waals surface area contributed by atoms with Gasteiger partial charge in [0.15, 0.2) is 0 Å². The summed E-state index contributed by atoms with van der Waals surface area (Å²) in [6.07, 6.45) is 0. The van der Waals surface area contributed by atoms with Crippen molar-refractivity contribution in [2.45, 2.75) is 10.8 Å². The second kappa shape index (κ2) is 8.55. The largest absolute Gasteiger partial charge is 0.380 e. The molecule has 0 aliphatic carbocycles. The summed E-state index contributed by atoms with van der Waals surface area (Å²) in [6.45, 7) is 0.462. The highest BCUT2D eigenvalue weighted by atomic mass is 32.2. The number of nitrogens with zero attached hydrogens (tertiary/aromatic N) is 1. The minimum Gasteiger partial charge on any atom is -0.380 e. The molecule has 1 amide bonds. The molecule has 0 spiro atoms. The summed E-state index contributed by atoms with van der Waals surface area (Å²) in [5, 5.41) is 4.55. The van der Waals surface area contributed by atoms with Crippen LogP contribution in [0, 0.1) is 0 Å². The number of benzene rings is 2. The number of carbonyl (C=O) groups is 1. The molecular formula is C20H20N2O4S2. The van der Waals surface area contributed by atoms with Crippen molar-refractivity contribution in [3.8, 4) is 0 Å². The third-order valence-corrected chi connectivity index (χ3v) is 7.26. The maximum absolute atomic E-state index is 12.6. The fourth-order valence-electron chi connectivity index (χ4n) is 2.62. The van der Waals surface area contributed by atoms with Gasteiger partial charge in [0.25, 0.3) is 15.9 Å². The molecule has 1 heterocycles. The van der Waals surface area contributed by atoms with Gasteiger partial charge >= 0.3 is 0 Å². The van der Waals surface area contributed by atoms with E-state index in [1.54, 1.807) is 55.0 Å². The smallest absolute Gasteiger partial charge is 0.273 e. The predicted molar refractivity (Wildman–Crippen MR) is 111 cm³/mol. The molecule has 2 aromatic carbocycles. The number of hydrogen-bond acceptors (Lipinski definition) is 5. The van der Waals surface area contributed by atoms with Gasteiger partial charge in [0, 0.05) is 25.4 Å². The molecule has 0 saturated heterocycles. The molecule has 1 aromatic heterocycles. The molecule has 0 saturated carbocycles. The number of amides is 1. The van der Waals surface area contributed by atoms with Crippen molar-refractivity contribution in [1.29, 1.82) is 0 Å². The molecule has 0 atom stereocenters. The lowest BCUT2D eigenvalue weighted by atomic mass is 10.1. The average molecular weight is 417 g/mol. The van der Waals surface area contributed by atoms with Gasteiger partial charge in [-0.25, -0.2) is 8.42 Å². The van der Waals surface area contributed by atoms with Gasteiger partial charge in [0.1, 0.15) is 4.21 Å². The topological polar surface area (TPSA) is 75.7 Å². The van der Waals surface area contributed by atoms with Gasteiger partial charge in [-0.2, -0.15) is 0 Å². The number of thiophene rings is 1. The number of nitrogens with one attached hydrogen (secondary N) is 1. The molecule has 6 nitrogen and oxygen atoms in total. The maximum Gasteiger partial charge on any atom is 0.273 e. The van der Waals surface area contributed by atoms with E-state index in [4.69, 9.17) is 4.74 Å². The lowest BCUT2D eigenvalue weighted by Gasteiger charge is -2.18. The van der Waals surface area contributed by atoms with Gasteiger partial charge in [-0.15, -0.1) is 11.3 Å². The van der Waals surface area contributed by atoms with E-state index in [-0.39, 0.29) is 10.1 Å².